The van der Waals surface area contributed by atoms with Crippen molar-refractivity contribution in [1.82, 2.24) is 5.32 Å². The zero-order valence-corrected chi connectivity index (χ0v) is 9.78. The average molecular weight is 223 g/mol. The SMILES string of the molecule is COc1ccc(C(=O)NC[C@@H](C)O)c(C)c1. The van der Waals surface area contributed by atoms with Crippen LogP contribution in [0.2, 0.25) is 0 Å². The van der Waals surface area contributed by atoms with Crippen LogP contribution in [0.4, 0.5) is 0 Å². The summed E-state index contributed by atoms with van der Waals surface area (Å²) < 4.78 is 5.06. The Balaban J connectivity index is 2.76. The van der Waals surface area contributed by atoms with Crippen LogP contribution in [0, 0.1) is 6.92 Å². The summed E-state index contributed by atoms with van der Waals surface area (Å²) >= 11 is 0. The minimum atomic E-state index is -0.539. The van der Waals surface area contributed by atoms with Gasteiger partial charge in [-0.1, -0.05) is 0 Å². The molecule has 0 unspecified atom stereocenters. The summed E-state index contributed by atoms with van der Waals surface area (Å²) in [6, 6.07) is 5.26. The molecule has 1 atom stereocenters. The van der Waals surface area contributed by atoms with Gasteiger partial charge in [-0.3, -0.25) is 4.79 Å². The largest absolute Gasteiger partial charge is 0.497 e. The van der Waals surface area contributed by atoms with Gasteiger partial charge >= 0.3 is 0 Å². The van der Waals surface area contributed by atoms with E-state index in [1.807, 2.05) is 6.92 Å². The first-order valence-corrected chi connectivity index (χ1v) is 5.15. The maximum absolute atomic E-state index is 11.7. The van der Waals surface area contributed by atoms with Crippen molar-refractivity contribution in [2.24, 2.45) is 0 Å². The van der Waals surface area contributed by atoms with Gasteiger partial charge in [0.1, 0.15) is 5.75 Å². The first-order valence-electron chi connectivity index (χ1n) is 5.15. The van der Waals surface area contributed by atoms with E-state index >= 15 is 0 Å². The second-order valence-electron chi connectivity index (χ2n) is 3.74. The average Bonchev–Trinajstić information content (AvgIpc) is 2.25. The summed E-state index contributed by atoms with van der Waals surface area (Å²) in [6.45, 7) is 3.73. The summed E-state index contributed by atoms with van der Waals surface area (Å²) in [5, 5.41) is 11.7. The van der Waals surface area contributed by atoms with Crippen LogP contribution in [0.1, 0.15) is 22.8 Å². The number of amides is 1. The molecular formula is C12H17NO3. The minimum Gasteiger partial charge on any atom is -0.497 e. The van der Waals surface area contributed by atoms with Crippen molar-refractivity contribution in [2.75, 3.05) is 13.7 Å². The molecule has 1 rings (SSSR count). The van der Waals surface area contributed by atoms with Crippen LogP contribution in [0.5, 0.6) is 5.75 Å². The molecule has 1 aromatic carbocycles. The van der Waals surface area contributed by atoms with Gasteiger partial charge in [-0.05, 0) is 37.6 Å². The molecule has 0 fully saturated rings. The highest BCUT2D eigenvalue weighted by atomic mass is 16.5. The van der Waals surface area contributed by atoms with E-state index in [2.05, 4.69) is 5.32 Å². The Morgan fingerprint density at radius 3 is 2.75 bits per heavy atom. The second-order valence-corrected chi connectivity index (χ2v) is 3.74. The third kappa shape index (κ3) is 3.24. The molecule has 1 aromatic rings. The number of methoxy groups -OCH3 is 1. The molecule has 0 saturated carbocycles. The number of hydrogen-bond donors (Lipinski definition) is 2. The van der Waals surface area contributed by atoms with Gasteiger partial charge in [-0.15, -0.1) is 0 Å². The van der Waals surface area contributed by atoms with Crippen molar-refractivity contribution in [3.8, 4) is 5.75 Å². The maximum atomic E-state index is 11.7. The molecule has 0 saturated heterocycles. The summed E-state index contributed by atoms with van der Waals surface area (Å²) in [5.41, 5.74) is 1.45. The van der Waals surface area contributed by atoms with Crippen LogP contribution in [-0.4, -0.2) is 30.8 Å². The number of benzene rings is 1. The van der Waals surface area contributed by atoms with E-state index < -0.39 is 6.10 Å². The van der Waals surface area contributed by atoms with E-state index in [1.54, 1.807) is 32.2 Å². The van der Waals surface area contributed by atoms with Gasteiger partial charge in [-0.2, -0.15) is 0 Å². The van der Waals surface area contributed by atoms with Crippen molar-refractivity contribution in [2.45, 2.75) is 20.0 Å². The van der Waals surface area contributed by atoms with Gasteiger partial charge in [0.2, 0.25) is 0 Å². The number of aryl methyl sites for hydroxylation is 1. The topological polar surface area (TPSA) is 58.6 Å². The van der Waals surface area contributed by atoms with Gasteiger partial charge in [0, 0.05) is 12.1 Å². The number of aliphatic hydroxyl groups is 1. The predicted molar refractivity (Wildman–Crippen MR) is 61.7 cm³/mol. The highest BCUT2D eigenvalue weighted by molar-refractivity contribution is 5.95. The van der Waals surface area contributed by atoms with E-state index in [4.69, 9.17) is 9.84 Å². The molecule has 4 nitrogen and oxygen atoms in total. The van der Waals surface area contributed by atoms with Crippen molar-refractivity contribution in [3.05, 3.63) is 29.3 Å². The Morgan fingerprint density at radius 2 is 2.25 bits per heavy atom. The van der Waals surface area contributed by atoms with Crippen LogP contribution < -0.4 is 10.1 Å². The third-order valence-electron chi connectivity index (χ3n) is 2.24. The van der Waals surface area contributed by atoms with Gasteiger partial charge in [0.15, 0.2) is 0 Å². The molecule has 16 heavy (non-hydrogen) atoms. The molecule has 0 radical (unpaired) electrons. The third-order valence-corrected chi connectivity index (χ3v) is 2.24. The minimum absolute atomic E-state index is 0.180. The van der Waals surface area contributed by atoms with Crippen LogP contribution in [0.3, 0.4) is 0 Å². The fourth-order valence-corrected chi connectivity index (χ4v) is 1.35. The lowest BCUT2D eigenvalue weighted by Gasteiger charge is -2.10. The van der Waals surface area contributed by atoms with Crippen LogP contribution >= 0.6 is 0 Å². The summed E-state index contributed by atoms with van der Waals surface area (Å²) in [4.78, 5) is 11.7. The first-order chi connectivity index (χ1) is 7.54. The molecule has 2 N–H and O–H groups in total. The normalized spacial score (nSPS) is 12.0. The van der Waals surface area contributed by atoms with Gasteiger partial charge in [0.25, 0.3) is 5.91 Å². The molecule has 0 aliphatic heterocycles. The molecule has 88 valence electrons. The zero-order valence-electron chi connectivity index (χ0n) is 9.78. The fourth-order valence-electron chi connectivity index (χ4n) is 1.35. The molecule has 0 spiro atoms. The number of aliphatic hydroxyl groups excluding tert-OH is 1. The van der Waals surface area contributed by atoms with E-state index in [0.29, 0.717) is 5.56 Å². The van der Waals surface area contributed by atoms with Crippen LogP contribution in [0.15, 0.2) is 18.2 Å². The Labute approximate surface area is 95.2 Å². The van der Waals surface area contributed by atoms with Crippen molar-refractivity contribution >= 4 is 5.91 Å². The molecule has 0 aromatic heterocycles. The van der Waals surface area contributed by atoms with E-state index in [0.717, 1.165) is 11.3 Å². The van der Waals surface area contributed by atoms with E-state index in [1.165, 1.54) is 0 Å². The summed E-state index contributed by atoms with van der Waals surface area (Å²) in [7, 11) is 1.59. The lowest BCUT2D eigenvalue weighted by atomic mass is 10.1. The van der Waals surface area contributed by atoms with Gasteiger partial charge < -0.3 is 15.2 Å². The molecule has 0 aliphatic carbocycles. The highest BCUT2D eigenvalue weighted by Crippen LogP contribution is 2.16. The number of hydrogen-bond acceptors (Lipinski definition) is 3. The molecule has 0 heterocycles. The number of rotatable bonds is 4. The van der Waals surface area contributed by atoms with E-state index in [-0.39, 0.29) is 12.5 Å². The molecular weight excluding hydrogens is 206 g/mol. The molecule has 1 amide bonds. The number of carbonyl (C=O) groups is 1. The Bertz CT molecular complexity index is 375. The Hall–Kier alpha value is -1.55. The lowest BCUT2D eigenvalue weighted by molar-refractivity contribution is 0.0923. The van der Waals surface area contributed by atoms with Crippen LogP contribution in [0.25, 0.3) is 0 Å². The maximum Gasteiger partial charge on any atom is 0.251 e. The molecule has 0 aliphatic rings. The number of carbonyl (C=O) groups excluding carboxylic acids is 1. The van der Waals surface area contributed by atoms with Crippen molar-refractivity contribution in [3.63, 3.8) is 0 Å². The Kier molecular flexibility index (Phi) is 4.31. The standard InChI is InChI=1S/C12H17NO3/c1-8-6-10(16-3)4-5-11(8)12(15)13-7-9(2)14/h4-6,9,14H,7H2,1-3H3,(H,13,15)/t9-/m1/s1. The fraction of sp³-hybridized carbons (Fsp3) is 0.417. The van der Waals surface area contributed by atoms with Gasteiger partial charge in [0.05, 0.1) is 13.2 Å². The Morgan fingerprint density at radius 1 is 1.56 bits per heavy atom. The summed E-state index contributed by atoms with van der Waals surface area (Å²) in [6.07, 6.45) is -0.539. The number of ether oxygens (including phenoxy) is 1. The smallest absolute Gasteiger partial charge is 0.251 e. The predicted octanol–water partition coefficient (Wildman–Crippen LogP) is 1.11. The van der Waals surface area contributed by atoms with E-state index in [9.17, 15) is 4.79 Å². The van der Waals surface area contributed by atoms with Crippen LogP contribution in [-0.2, 0) is 0 Å². The van der Waals surface area contributed by atoms with Gasteiger partial charge in [-0.25, -0.2) is 0 Å². The second kappa shape index (κ2) is 5.51. The monoisotopic (exact) mass is 223 g/mol. The lowest BCUT2D eigenvalue weighted by Crippen LogP contribution is -2.30. The molecule has 4 heteroatoms. The van der Waals surface area contributed by atoms with Crippen molar-refractivity contribution < 1.29 is 14.6 Å². The van der Waals surface area contributed by atoms with Crippen molar-refractivity contribution in [1.29, 1.82) is 0 Å². The zero-order chi connectivity index (χ0) is 12.1. The molecule has 0 bridgehead atoms. The quantitative estimate of drug-likeness (QED) is 0.804. The summed E-state index contributed by atoms with van der Waals surface area (Å²) in [5.74, 6) is 0.547. The highest BCUT2D eigenvalue weighted by Gasteiger charge is 2.09. The first kappa shape index (κ1) is 12.5. The number of nitrogens with one attached hydrogen (secondary N) is 1.